The Bertz CT molecular complexity index is 422. The van der Waals surface area contributed by atoms with Gasteiger partial charge in [0.25, 0.3) is 0 Å². The number of aromatic nitrogens is 3. The van der Waals surface area contributed by atoms with Crippen molar-refractivity contribution in [1.29, 1.82) is 0 Å². The third-order valence-corrected chi connectivity index (χ3v) is 1.67. The van der Waals surface area contributed by atoms with Crippen LogP contribution in [0.1, 0.15) is 0 Å². The zero-order chi connectivity index (χ0) is 9.10. The Labute approximate surface area is 75.3 Å². The maximum absolute atomic E-state index is 6.78. The maximum atomic E-state index is 6.78. The Kier molecular flexibility index (Phi) is 1.77. The number of rotatable bonds is 1. The summed E-state index contributed by atoms with van der Waals surface area (Å²) in [6.07, 6.45) is 3.37. The largest absolute Gasteiger partial charge is 0.238 e. The average Bonchev–Trinajstić information content (AvgIpc) is 2.71. The van der Waals surface area contributed by atoms with Crippen molar-refractivity contribution >= 4 is 5.69 Å². The molecule has 0 N–H and O–H groups in total. The zero-order valence-electron chi connectivity index (χ0n) is 6.75. The number of hydrogen-bond donors (Lipinski definition) is 0. The Morgan fingerprint density at radius 3 is 2.54 bits per heavy atom. The summed E-state index contributed by atoms with van der Waals surface area (Å²) < 4.78 is 1.65. The van der Waals surface area contributed by atoms with E-state index in [0.717, 1.165) is 5.69 Å². The van der Waals surface area contributed by atoms with Crippen LogP contribution in [0, 0.1) is 6.57 Å². The number of benzene rings is 1. The first kappa shape index (κ1) is 7.50. The Hall–Kier alpha value is -2.15. The van der Waals surface area contributed by atoms with Gasteiger partial charge in [-0.3, -0.25) is 0 Å². The molecule has 13 heavy (non-hydrogen) atoms. The van der Waals surface area contributed by atoms with Crippen molar-refractivity contribution in [2.75, 3.05) is 0 Å². The van der Waals surface area contributed by atoms with Gasteiger partial charge in [0.1, 0.15) is 0 Å². The lowest BCUT2D eigenvalue weighted by Crippen LogP contribution is -1.93. The summed E-state index contributed by atoms with van der Waals surface area (Å²) >= 11 is 0. The van der Waals surface area contributed by atoms with Gasteiger partial charge in [0.05, 0.1) is 24.7 Å². The van der Waals surface area contributed by atoms with Gasteiger partial charge in [0, 0.05) is 0 Å². The molecule has 4 nitrogen and oxygen atoms in total. The lowest BCUT2D eigenvalue weighted by atomic mass is 10.3. The van der Waals surface area contributed by atoms with E-state index in [-0.39, 0.29) is 0 Å². The molecule has 0 saturated carbocycles. The summed E-state index contributed by atoms with van der Waals surface area (Å²) in [5, 5.41) is 7.52. The van der Waals surface area contributed by atoms with Crippen LogP contribution in [0.4, 0.5) is 5.69 Å². The zero-order valence-corrected chi connectivity index (χ0v) is 6.75. The monoisotopic (exact) mass is 170 g/mol. The maximum Gasteiger partial charge on any atom is 0.187 e. The number of nitrogens with zero attached hydrogens (tertiary/aromatic N) is 4. The second kappa shape index (κ2) is 3.07. The predicted molar refractivity (Wildman–Crippen MR) is 47.6 cm³/mol. The highest BCUT2D eigenvalue weighted by Gasteiger charge is 1.95. The molecular weight excluding hydrogens is 164 g/mol. The van der Waals surface area contributed by atoms with Gasteiger partial charge in [0.15, 0.2) is 5.69 Å². The third-order valence-electron chi connectivity index (χ3n) is 1.67. The third kappa shape index (κ3) is 1.40. The molecule has 4 heteroatoms. The van der Waals surface area contributed by atoms with Gasteiger partial charge in [-0.2, -0.15) is 0 Å². The fourth-order valence-corrected chi connectivity index (χ4v) is 1.03. The first-order chi connectivity index (χ1) is 6.40. The summed E-state index contributed by atoms with van der Waals surface area (Å²) in [7, 11) is 0. The highest BCUT2D eigenvalue weighted by Crippen LogP contribution is 2.14. The standard InChI is InChI=1S/C9H6N4/c1-10-8-2-4-9(5-3-8)13-7-6-11-12-13/h2-7H. The minimum atomic E-state index is 0.629. The lowest BCUT2D eigenvalue weighted by molar-refractivity contribution is 0.803. The summed E-state index contributed by atoms with van der Waals surface area (Å²) in [5.74, 6) is 0. The molecule has 0 radical (unpaired) electrons. The highest BCUT2D eigenvalue weighted by atomic mass is 15.4. The van der Waals surface area contributed by atoms with E-state index in [9.17, 15) is 0 Å². The van der Waals surface area contributed by atoms with E-state index < -0.39 is 0 Å². The summed E-state index contributed by atoms with van der Waals surface area (Å²) in [6.45, 7) is 6.78. The van der Waals surface area contributed by atoms with Crippen LogP contribution in [-0.4, -0.2) is 15.0 Å². The van der Waals surface area contributed by atoms with E-state index in [2.05, 4.69) is 15.2 Å². The molecule has 0 fully saturated rings. The van der Waals surface area contributed by atoms with Crippen LogP contribution in [0.2, 0.25) is 0 Å². The van der Waals surface area contributed by atoms with Crippen molar-refractivity contribution in [3.05, 3.63) is 48.1 Å². The van der Waals surface area contributed by atoms with Gasteiger partial charge in [-0.05, 0) is 12.1 Å². The van der Waals surface area contributed by atoms with Crippen molar-refractivity contribution in [3.8, 4) is 5.69 Å². The van der Waals surface area contributed by atoms with E-state index in [1.807, 2.05) is 12.1 Å². The SMILES string of the molecule is [C-]#[N+]c1ccc(-n2ccnn2)cc1. The van der Waals surface area contributed by atoms with Crippen LogP contribution >= 0.6 is 0 Å². The van der Waals surface area contributed by atoms with Crippen molar-refractivity contribution < 1.29 is 0 Å². The minimum Gasteiger partial charge on any atom is -0.238 e. The topological polar surface area (TPSA) is 35.1 Å². The summed E-state index contributed by atoms with van der Waals surface area (Å²) in [5.41, 5.74) is 1.54. The van der Waals surface area contributed by atoms with Crippen LogP contribution in [0.5, 0.6) is 0 Å². The molecule has 0 bridgehead atoms. The minimum absolute atomic E-state index is 0.629. The lowest BCUT2D eigenvalue weighted by Gasteiger charge is -1.98. The van der Waals surface area contributed by atoms with Crippen LogP contribution in [0.3, 0.4) is 0 Å². The Balaban J connectivity index is 2.40. The molecule has 0 aliphatic carbocycles. The van der Waals surface area contributed by atoms with Crippen molar-refractivity contribution in [2.24, 2.45) is 0 Å². The van der Waals surface area contributed by atoms with Gasteiger partial charge in [-0.1, -0.05) is 17.3 Å². The van der Waals surface area contributed by atoms with Gasteiger partial charge >= 0.3 is 0 Å². The Morgan fingerprint density at radius 2 is 2.00 bits per heavy atom. The first-order valence-corrected chi connectivity index (χ1v) is 3.74. The van der Waals surface area contributed by atoms with Gasteiger partial charge in [-0.25, -0.2) is 9.53 Å². The normalized spacial score (nSPS) is 9.46. The predicted octanol–water partition coefficient (Wildman–Crippen LogP) is 1.82. The quantitative estimate of drug-likeness (QED) is 0.612. The van der Waals surface area contributed by atoms with Crippen LogP contribution < -0.4 is 0 Å². The molecule has 1 heterocycles. The number of hydrogen-bond acceptors (Lipinski definition) is 2. The van der Waals surface area contributed by atoms with Crippen LogP contribution in [0.25, 0.3) is 10.5 Å². The molecule has 1 aromatic heterocycles. The first-order valence-electron chi connectivity index (χ1n) is 3.74. The molecule has 0 aliphatic heterocycles. The summed E-state index contributed by atoms with van der Waals surface area (Å²) in [4.78, 5) is 3.30. The van der Waals surface area contributed by atoms with Crippen LogP contribution in [0.15, 0.2) is 36.7 Å². The van der Waals surface area contributed by atoms with Gasteiger partial charge in [0.2, 0.25) is 0 Å². The van der Waals surface area contributed by atoms with Crippen LogP contribution in [-0.2, 0) is 0 Å². The molecule has 1 aromatic carbocycles. The van der Waals surface area contributed by atoms with E-state index in [1.165, 1.54) is 0 Å². The highest BCUT2D eigenvalue weighted by molar-refractivity contribution is 5.48. The van der Waals surface area contributed by atoms with E-state index in [4.69, 9.17) is 6.57 Å². The molecule has 2 aromatic rings. The average molecular weight is 170 g/mol. The molecule has 0 atom stereocenters. The molecule has 0 amide bonds. The van der Waals surface area contributed by atoms with Crippen molar-refractivity contribution in [1.82, 2.24) is 15.0 Å². The fraction of sp³-hybridized carbons (Fsp3) is 0. The summed E-state index contributed by atoms with van der Waals surface area (Å²) in [6, 6.07) is 7.18. The van der Waals surface area contributed by atoms with E-state index in [1.54, 1.807) is 29.2 Å². The van der Waals surface area contributed by atoms with Crippen molar-refractivity contribution in [3.63, 3.8) is 0 Å². The fourth-order valence-electron chi connectivity index (χ4n) is 1.03. The molecular formula is C9H6N4. The Morgan fingerprint density at radius 1 is 1.23 bits per heavy atom. The van der Waals surface area contributed by atoms with E-state index >= 15 is 0 Å². The van der Waals surface area contributed by atoms with Crippen molar-refractivity contribution in [2.45, 2.75) is 0 Å². The van der Waals surface area contributed by atoms with Gasteiger partial charge in [-0.15, -0.1) is 5.10 Å². The molecule has 0 saturated heterocycles. The molecule has 0 spiro atoms. The van der Waals surface area contributed by atoms with E-state index in [0.29, 0.717) is 5.69 Å². The smallest absolute Gasteiger partial charge is 0.187 e. The molecule has 62 valence electrons. The second-order valence-corrected chi connectivity index (χ2v) is 2.48. The van der Waals surface area contributed by atoms with Gasteiger partial charge < -0.3 is 0 Å². The molecule has 0 unspecified atom stereocenters. The molecule has 2 rings (SSSR count). The second-order valence-electron chi connectivity index (χ2n) is 2.48. The molecule has 0 aliphatic rings.